The van der Waals surface area contributed by atoms with Crippen LogP contribution >= 0.6 is 0 Å². The Morgan fingerprint density at radius 1 is 1.33 bits per heavy atom. The summed E-state index contributed by atoms with van der Waals surface area (Å²) in [5.74, 6) is 0. The molecule has 1 aromatic heterocycles. The standard InChI is InChI=1S/C12H17N3O3/c16-4-3-15-12-2-1-10(5-9(12)6-14-15)13-7-11(18)8-17/h1-2,5-6,11,13,16-18H,3-4,7-8H2. The van der Waals surface area contributed by atoms with E-state index in [4.69, 9.17) is 10.2 Å². The first kappa shape index (κ1) is 12.8. The molecule has 6 heteroatoms. The number of rotatable bonds is 6. The van der Waals surface area contributed by atoms with E-state index in [0.29, 0.717) is 13.1 Å². The maximum absolute atomic E-state index is 9.25. The van der Waals surface area contributed by atoms with Crippen molar-refractivity contribution in [1.82, 2.24) is 9.78 Å². The van der Waals surface area contributed by atoms with Crippen LogP contribution in [0.4, 0.5) is 5.69 Å². The number of fused-ring (bicyclic) bond motifs is 1. The summed E-state index contributed by atoms with van der Waals surface area (Å²) in [6.07, 6.45) is 0.969. The Labute approximate surface area is 104 Å². The summed E-state index contributed by atoms with van der Waals surface area (Å²) in [5.41, 5.74) is 1.82. The molecule has 18 heavy (non-hydrogen) atoms. The van der Waals surface area contributed by atoms with Gasteiger partial charge in [0.25, 0.3) is 0 Å². The highest BCUT2D eigenvalue weighted by molar-refractivity contribution is 5.82. The van der Waals surface area contributed by atoms with Gasteiger partial charge in [-0.05, 0) is 18.2 Å². The van der Waals surface area contributed by atoms with Crippen molar-refractivity contribution in [3.63, 3.8) is 0 Å². The number of hydrogen-bond acceptors (Lipinski definition) is 5. The van der Waals surface area contributed by atoms with Gasteiger partial charge in [0.05, 0.1) is 37.6 Å². The van der Waals surface area contributed by atoms with E-state index in [-0.39, 0.29) is 13.2 Å². The first-order chi connectivity index (χ1) is 8.74. The number of hydrogen-bond donors (Lipinski definition) is 4. The predicted molar refractivity (Wildman–Crippen MR) is 68.4 cm³/mol. The zero-order chi connectivity index (χ0) is 13.0. The molecule has 0 amide bonds. The molecule has 1 atom stereocenters. The van der Waals surface area contributed by atoms with Gasteiger partial charge in [-0.1, -0.05) is 0 Å². The molecule has 0 bridgehead atoms. The fraction of sp³-hybridized carbons (Fsp3) is 0.417. The van der Waals surface area contributed by atoms with Crippen LogP contribution in [0.3, 0.4) is 0 Å². The maximum Gasteiger partial charge on any atom is 0.0942 e. The van der Waals surface area contributed by atoms with Gasteiger partial charge in [-0.15, -0.1) is 0 Å². The minimum Gasteiger partial charge on any atom is -0.394 e. The van der Waals surface area contributed by atoms with Crippen molar-refractivity contribution >= 4 is 16.6 Å². The van der Waals surface area contributed by atoms with E-state index in [1.54, 1.807) is 10.9 Å². The average molecular weight is 251 g/mol. The Bertz CT molecular complexity index is 512. The highest BCUT2D eigenvalue weighted by Crippen LogP contribution is 2.18. The van der Waals surface area contributed by atoms with Crippen molar-refractivity contribution in [3.05, 3.63) is 24.4 Å². The largest absolute Gasteiger partial charge is 0.394 e. The minimum atomic E-state index is -0.766. The Balaban J connectivity index is 2.13. The van der Waals surface area contributed by atoms with Crippen molar-refractivity contribution < 1.29 is 15.3 Å². The van der Waals surface area contributed by atoms with Gasteiger partial charge in [-0.3, -0.25) is 4.68 Å². The van der Waals surface area contributed by atoms with Crippen LogP contribution in [0.15, 0.2) is 24.4 Å². The van der Waals surface area contributed by atoms with Crippen LogP contribution in [0.25, 0.3) is 10.9 Å². The quantitative estimate of drug-likeness (QED) is 0.570. The van der Waals surface area contributed by atoms with Gasteiger partial charge < -0.3 is 20.6 Å². The van der Waals surface area contributed by atoms with Crippen LogP contribution in [0.2, 0.25) is 0 Å². The normalized spacial score (nSPS) is 12.8. The minimum absolute atomic E-state index is 0.0550. The summed E-state index contributed by atoms with van der Waals surface area (Å²) in [5, 5.41) is 35.0. The van der Waals surface area contributed by atoms with Gasteiger partial charge in [-0.2, -0.15) is 5.10 Å². The molecular formula is C12H17N3O3. The molecule has 1 heterocycles. The van der Waals surface area contributed by atoms with E-state index in [0.717, 1.165) is 16.6 Å². The van der Waals surface area contributed by atoms with Crippen molar-refractivity contribution in [2.24, 2.45) is 0 Å². The summed E-state index contributed by atoms with van der Waals surface area (Å²) in [7, 11) is 0. The Kier molecular flexibility index (Phi) is 4.14. The second-order valence-electron chi connectivity index (χ2n) is 4.08. The number of benzene rings is 1. The number of anilines is 1. The zero-order valence-corrected chi connectivity index (χ0v) is 9.95. The summed E-state index contributed by atoms with van der Waals surface area (Å²) in [6, 6.07) is 5.70. The molecule has 0 spiro atoms. The van der Waals surface area contributed by atoms with E-state index < -0.39 is 6.10 Å². The van der Waals surface area contributed by atoms with E-state index >= 15 is 0 Å². The maximum atomic E-state index is 9.25. The number of aromatic nitrogens is 2. The lowest BCUT2D eigenvalue weighted by molar-refractivity contribution is 0.105. The van der Waals surface area contributed by atoms with Gasteiger partial charge in [0.1, 0.15) is 0 Å². The summed E-state index contributed by atoms with van der Waals surface area (Å²) in [6.45, 7) is 0.565. The van der Waals surface area contributed by atoms with Crippen molar-refractivity contribution in [2.75, 3.05) is 25.1 Å². The summed E-state index contributed by atoms with van der Waals surface area (Å²) < 4.78 is 1.74. The lowest BCUT2D eigenvalue weighted by atomic mass is 10.2. The molecule has 2 rings (SSSR count). The first-order valence-electron chi connectivity index (χ1n) is 5.84. The highest BCUT2D eigenvalue weighted by atomic mass is 16.3. The van der Waals surface area contributed by atoms with E-state index in [1.165, 1.54) is 0 Å². The van der Waals surface area contributed by atoms with Crippen molar-refractivity contribution in [3.8, 4) is 0 Å². The SMILES string of the molecule is OCCn1ncc2cc(NCC(O)CO)ccc21. The molecular weight excluding hydrogens is 234 g/mol. The molecule has 0 aliphatic heterocycles. The molecule has 1 aromatic carbocycles. The van der Waals surface area contributed by atoms with E-state index in [1.807, 2.05) is 18.2 Å². The molecule has 98 valence electrons. The fourth-order valence-corrected chi connectivity index (χ4v) is 1.77. The molecule has 0 saturated heterocycles. The molecule has 0 fully saturated rings. The van der Waals surface area contributed by atoms with Crippen molar-refractivity contribution in [2.45, 2.75) is 12.6 Å². The molecule has 6 nitrogen and oxygen atoms in total. The Hall–Kier alpha value is -1.63. The lowest BCUT2D eigenvalue weighted by Gasteiger charge is -2.10. The number of aliphatic hydroxyl groups excluding tert-OH is 3. The van der Waals surface area contributed by atoms with E-state index in [2.05, 4.69) is 10.4 Å². The molecule has 0 aliphatic carbocycles. The number of nitrogens with zero attached hydrogens (tertiary/aromatic N) is 2. The highest BCUT2D eigenvalue weighted by Gasteiger charge is 2.05. The molecule has 0 saturated carbocycles. The third kappa shape index (κ3) is 2.79. The lowest BCUT2D eigenvalue weighted by Crippen LogP contribution is -2.22. The third-order valence-corrected chi connectivity index (χ3v) is 2.71. The van der Waals surface area contributed by atoms with E-state index in [9.17, 15) is 5.11 Å². The van der Waals surface area contributed by atoms with Crippen LogP contribution in [0.5, 0.6) is 0 Å². The first-order valence-corrected chi connectivity index (χ1v) is 5.84. The second kappa shape index (κ2) is 5.81. The topological polar surface area (TPSA) is 90.5 Å². The second-order valence-corrected chi connectivity index (χ2v) is 4.08. The number of aliphatic hydroxyl groups is 3. The smallest absolute Gasteiger partial charge is 0.0942 e. The summed E-state index contributed by atoms with van der Waals surface area (Å²) >= 11 is 0. The molecule has 2 aromatic rings. The van der Waals surface area contributed by atoms with Crippen molar-refractivity contribution in [1.29, 1.82) is 0 Å². The van der Waals surface area contributed by atoms with Gasteiger partial charge in [0.2, 0.25) is 0 Å². The van der Waals surface area contributed by atoms with Crippen LogP contribution in [-0.4, -0.2) is 51.0 Å². The molecule has 0 aliphatic rings. The monoisotopic (exact) mass is 251 g/mol. The molecule has 4 N–H and O–H groups in total. The van der Waals surface area contributed by atoms with Crippen LogP contribution in [-0.2, 0) is 6.54 Å². The molecule has 0 radical (unpaired) electrons. The predicted octanol–water partition coefficient (Wildman–Crippen LogP) is -0.206. The van der Waals surface area contributed by atoms with Gasteiger partial charge >= 0.3 is 0 Å². The van der Waals surface area contributed by atoms with Crippen LogP contribution in [0.1, 0.15) is 0 Å². The average Bonchev–Trinajstić information content (AvgIpc) is 2.79. The Morgan fingerprint density at radius 2 is 2.17 bits per heavy atom. The zero-order valence-electron chi connectivity index (χ0n) is 9.95. The molecule has 1 unspecified atom stereocenters. The fourth-order valence-electron chi connectivity index (χ4n) is 1.77. The number of nitrogens with one attached hydrogen (secondary N) is 1. The van der Waals surface area contributed by atoms with Crippen LogP contribution in [0, 0.1) is 0 Å². The summed E-state index contributed by atoms with van der Waals surface area (Å²) in [4.78, 5) is 0. The Morgan fingerprint density at radius 3 is 2.89 bits per heavy atom. The van der Waals surface area contributed by atoms with Gasteiger partial charge in [0, 0.05) is 17.6 Å². The van der Waals surface area contributed by atoms with Gasteiger partial charge in [0.15, 0.2) is 0 Å². The van der Waals surface area contributed by atoms with Gasteiger partial charge in [-0.25, -0.2) is 0 Å². The van der Waals surface area contributed by atoms with Crippen LogP contribution < -0.4 is 5.32 Å². The third-order valence-electron chi connectivity index (χ3n) is 2.71.